The molecule has 25 heavy (non-hydrogen) atoms. The number of likely N-dealkylation sites (tertiary alicyclic amines) is 2. The minimum Gasteiger partial charge on any atom is -0.468 e. The molecule has 0 saturated carbocycles. The van der Waals surface area contributed by atoms with E-state index in [9.17, 15) is 0 Å². The Morgan fingerprint density at radius 1 is 1.32 bits per heavy atom. The number of hydrogen-bond donors (Lipinski definition) is 2. The summed E-state index contributed by atoms with van der Waals surface area (Å²) in [6.45, 7) is 8.30. The standard InChI is InChI=1S/C19H33N5O/c1-2-23-12-6-8-16(23)14-21-19(20)22-15-17(18-9-7-13-25-18)24-10-4-3-5-11-24/h7,9,13,16-17H,2-6,8,10-12,14-15H2,1H3,(H3,20,21,22). The molecule has 6 nitrogen and oxygen atoms in total. The topological polar surface area (TPSA) is 70.0 Å². The van der Waals surface area contributed by atoms with E-state index >= 15 is 0 Å². The third-order valence-corrected chi connectivity index (χ3v) is 5.56. The summed E-state index contributed by atoms with van der Waals surface area (Å²) in [6, 6.07) is 4.78. The molecule has 0 bridgehead atoms. The maximum absolute atomic E-state index is 6.14. The van der Waals surface area contributed by atoms with Gasteiger partial charge in [0.05, 0.1) is 18.8 Å². The molecule has 3 heterocycles. The summed E-state index contributed by atoms with van der Waals surface area (Å²) >= 11 is 0. The van der Waals surface area contributed by atoms with Crippen molar-refractivity contribution in [2.45, 2.75) is 51.1 Å². The van der Waals surface area contributed by atoms with Crippen LogP contribution in [0.5, 0.6) is 0 Å². The maximum Gasteiger partial charge on any atom is 0.188 e. The Hall–Kier alpha value is -1.53. The van der Waals surface area contributed by atoms with E-state index in [-0.39, 0.29) is 6.04 Å². The van der Waals surface area contributed by atoms with E-state index in [2.05, 4.69) is 33.1 Å². The molecule has 2 aliphatic rings. The average molecular weight is 348 g/mol. The van der Waals surface area contributed by atoms with Crippen LogP contribution < -0.4 is 11.1 Å². The minimum absolute atomic E-state index is 0.189. The van der Waals surface area contributed by atoms with E-state index in [1.807, 2.05) is 6.07 Å². The predicted molar refractivity (Wildman–Crippen MR) is 102 cm³/mol. The van der Waals surface area contributed by atoms with Crippen molar-refractivity contribution >= 4 is 5.96 Å². The summed E-state index contributed by atoms with van der Waals surface area (Å²) in [7, 11) is 0. The Balaban J connectivity index is 1.54. The number of aliphatic imine (C=N–C) groups is 1. The van der Waals surface area contributed by atoms with Crippen molar-refractivity contribution in [3.63, 3.8) is 0 Å². The molecule has 0 amide bonds. The molecular formula is C19H33N5O. The van der Waals surface area contributed by atoms with Crippen molar-refractivity contribution in [1.82, 2.24) is 15.1 Å². The largest absolute Gasteiger partial charge is 0.468 e. The molecule has 3 rings (SSSR count). The molecule has 0 radical (unpaired) electrons. The fourth-order valence-electron chi connectivity index (χ4n) is 4.10. The van der Waals surface area contributed by atoms with Crippen molar-refractivity contribution < 1.29 is 4.42 Å². The highest BCUT2D eigenvalue weighted by Crippen LogP contribution is 2.25. The number of piperidine rings is 1. The molecule has 2 unspecified atom stereocenters. The summed E-state index contributed by atoms with van der Waals surface area (Å²) in [5.41, 5.74) is 6.14. The third-order valence-electron chi connectivity index (χ3n) is 5.56. The van der Waals surface area contributed by atoms with Gasteiger partial charge in [-0.3, -0.25) is 14.8 Å². The molecule has 0 aromatic carbocycles. The summed E-state index contributed by atoms with van der Waals surface area (Å²) in [6.07, 6.45) is 8.11. The molecule has 2 saturated heterocycles. The second-order valence-electron chi connectivity index (χ2n) is 7.16. The van der Waals surface area contributed by atoms with Gasteiger partial charge in [0.25, 0.3) is 0 Å². The highest BCUT2D eigenvalue weighted by atomic mass is 16.3. The lowest BCUT2D eigenvalue weighted by molar-refractivity contribution is 0.150. The molecule has 0 spiro atoms. The maximum atomic E-state index is 6.14. The first-order chi connectivity index (χ1) is 12.3. The smallest absolute Gasteiger partial charge is 0.188 e. The van der Waals surface area contributed by atoms with Crippen LogP contribution >= 0.6 is 0 Å². The Kier molecular flexibility index (Phi) is 6.76. The van der Waals surface area contributed by atoms with Gasteiger partial charge < -0.3 is 15.5 Å². The lowest BCUT2D eigenvalue weighted by atomic mass is 10.1. The highest BCUT2D eigenvalue weighted by molar-refractivity contribution is 5.77. The zero-order chi connectivity index (χ0) is 17.5. The van der Waals surface area contributed by atoms with E-state index in [0.717, 1.165) is 31.9 Å². The zero-order valence-electron chi connectivity index (χ0n) is 15.5. The predicted octanol–water partition coefficient (Wildman–Crippen LogP) is 2.20. The van der Waals surface area contributed by atoms with Gasteiger partial charge in [-0.15, -0.1) is 0 Å². The summed E-state index contributed by atoms with van der Waals surface area (Å²) in [5, 5.41) is 3.33. The minimum atomic E-state index is 0.189. The fraction of sp³-hybridized carbons (Fsp3) is 0.737. The Morgan fingerprint density at radius 2 is 2.16 bits per heavy atom. The van der Waals surface area contributed by atoms with Crippen molar-refractivity contribution in [1.29, 1.82) is 0 Å². The van der Waals surface area contributed by atoms with Gasteiger partial charge in [0, 0.05) is 12.6 Å². The Morgan fingerprint density at radius 3 is 2.88 bits per heavy atom. The quantitative estimate of drug-likeness (QED) is 0.584. The number of rotatable bonds is 7. The van der Waals surface area contributed by atoms with Crippen LogP contribution in [0.25, 0.3) is 0 Å². The lowest BCUT2D eigenvalue weighted by Crippen LogP contribution is -2.43. The van der Waals surface area contributed by atoms with Gasteiger partial charge in [-0.05, 0) is 64.0 Å². The van der Waals surface area contributed by atoms with Crippen LogP contribution in [0.3, 0.4) is 0 Å². The first kappa shape index (κ1) is 18.3. The number of nitrogens with zero attached hydrogens (tertiary/aromatic N) is 3. The van der Waals surface area contributed by atoms with Crippen LogP contribution in [0.15, 0.2) is 27.8 Å². The first-order valence-corrected chi connectivity index (χ1v) is 9.83. The van der Waals surface area contributed by atoms with Gasteiger partial charge in [-0.1, -0.05) is 13.3 Å². The van der Waals surface area contributed by atoms with Gasteiger partial charge in [0.15, 0.2) is 5.96 Å². The van der Waals surface area contributed by atoms with Crippen LogP contribution in [0.1, 0.15) is 50.8 Å². The second kappa shape index (κ2) is 9.25. The zero-order valence-corrected chi connectivity index (χ0v) is 15.5. The molecule has 140 valence electrons. The third kappa shape index (κ3) is 4.98. The molecule has 1 aromatic heterocycles. The van der Waals surface area contributed by atoms with Crippen LogP contribution in [0, 0.1) is 0 Å². The van der Waals surface area contributed by atoms with E-state index in [0.29, 0.717) is 18.5 Å². The van der Waals surface area contributed by atoms with Crippen LogP contribution in [-0.2, 0) is 0 Å². The van der Waals surface area contributed by atoms with Crippen molar-refractivity contribution in [3.8, 4) is 0 Å². The SMILES string of the molecule is CCN1CCCC1CNC(N)=NCC(c1ccco1)N1CCCCC1. The Bertz CT molecular complexity index is 524. The van der Waals surface area contributed by atoms with Crippen LogP contribution in [0.2, 0.25) is 0 Å². The number of guanidine groups is 1. The molecule has 1 aromatic rings. The molecule has 0 aliphatic carbocycles. The normalized spacial score (nSPS) is 24.5. The lowest BCUT2D eigenvalue weighted by Gasteiger charge is -2.32. The number of nitrogens with two attached hydrogens (primary N) is 1. The molecule has 2 aliphatic heterocycles. The van der Waals surface area contributed by atoms with E-state index in [4.69, 9.17) is 10.2 Å². The fourth-order valence-corrected chi connectivity index (χ4v) is 4.10. The summed E-state index contributed by atoms with van der Waals surface area (Å²) in [5.74, 6) is 1.54. The molecule has 2 atom stereocenters. The van der Waals surface area contributed by atoms with Gasteiger partial charge in [0.1, 0.15) is 5.76 Å². The van der Waals surface area contributed by atoms with Gasteiger partial charge >= 0.3 is 0 Å². The number of furan rings is 1. The monoisotopic (exact) mass is 347 g/mol. The second-order valence-corrected chi connectivity index (χ2v) is 7.16. The van der Waals surface area contributed by atoms with Gasteiger partial charge in [-0.25, -0.2) is 0 Å². The molecule has 3 N–H and O–H groups in total. The number of nitrogens with one attached hydrogen (secondary N) is 1. The molecule has 6 heteroatoms. The van der Waals surface area contributed by atoms with E-state index < -0.39 is 0 Å². The summed E-state index contributed by atoms with van der Waals surface area (Å²) < 4.78 is 5.67. The van der Waals surface area contributed by atoms with E-state index in [1.165, 1.54) is 38.6 Å². The van der Waals surface area contributed by atoms with Gasteiger partial charge in [-0.2, -0.15) is 0 Å². The average Bonchev–Trinajstić information content (AvgIpc) is 3.32. The van der Waals surface area contributed by atoms with Crippen molar-refractivity contribution in [3.05, 3.63) is 24.2 Å². The number of likely N-dealkylation sites (N-methyl/N-ethyl adjacent to an activating group) is 1. The highest BCUT2D eigenvalue weighted by Gasteiger charge is 2.25. The van der Waals surface area contributed by atoms with Crippen LogP contribution in [0.4, 0.5) is 0 Å². The molecule has 2 fully saturated rings. The van der Waals surface area contributed by atoms with Crippen molar-refractivity contribution in [2.75, 3.05) is 39.3 Å². The Labute approximate surface area is 151 Å². The summed E-state index contributed by atoms with van der Waals surface area (Å²) in [4.78, 5) is 9.63. The van der Waals surface area contributed by atoms with E-state index in [1.54, 1.807) is 6.26 Å². The van der Waals surface area contributed by atoms with Crippen molar-refractivity contribution in [2.24, 2.45) is 10.7 Å². The number of hydrogen-bond acceptors (Lipinski definition) is 4. The van der Waals surface area contributed by atoms with Crippen LogP contribution in [-0.4, -0.2) is 61.1 Å². The molecular weight excluding hydrogens is 314 g/mol. The van der Waals surface area contributed by atoms with Gasteiger partial charge in [0.2, 0.25) is 0 Å². The first-order valence-electron chi connectivity index (χ1n) is 9.83.